The molecule has 1 aliphatic heterocycles. The van der Waals surface area contributed by atoms with Crippen LogP contribution in [-0.2, 0) is 11.2 Å². The number of hydrogen-bond donors (Lipinski definition) is 2. The van der Waals surface area contributed by atoms with E-state index in [-0.39, 0.29) is 11.8 Å². The number of amides is 1. The van der Waals surface area contributed by atoms with Crippen molar-refractivity contribution in [3.05, 3.63) is 51.2 Å². The van der Waals surface area contributed by atoms with Gasteiger partial charge in [-0.1, -0.05) is 29.8 Å². The predicted molar refractivity (Wildman–Crippen MR) is 88.3 cm³/mol. The number of halogens is 1. The maximum absolute atomic E-state index is 12.0. The molecule has 1 unspecified atom stereocenters. The quantitative estimate of drug-likeness (QED) is 0.882. The van der Waals surface area contributed by atoms with E-state index in [2.05, 4.69) is 22.8 Å². The molecule has 1 aromatic carbocycles. The second-order valence-electron chi connectivity index (χ2n) is 5.17. The van der Waals surface area contributed by atoms with Crippen LogP contribution in [0.5, 0.6) is 0 Å². The van der Waals surface area contributed by atoms with Crippen LogP contribution in [0.3, 0.4) is 0 Å². The number of fused-ring (bicyclic) bond motifs is 1. The molecule has 21 heavy (non-hydrogen) atoms. The van der Waals surface area contributed by atoms with E-state index in [0.29, 0.717) is 13.0 Å². The average molecular weight is 321 g/mol. The van der Waals surface area contributed by atoms with Gasteiger partial charge in [-0.05, 0) is 30.2 Å². The van der Waals surface area contributed by atoms with Gasteiger partial charge in [0.25, 0.3) is 0 Å². The largest absolute Gasteiger partial charge is 0.384 e. The third-order valence-corrected chi connectivity index (χ3v) is 4.98. The van der Waals surface area contributed by atoms with Gasteiger partial charge in [0.05, 0.1) is 4.34 Å². The third kappa shape index (κ3) is 3.57. The lowest BCUT2D eigenvalue weighted by atomic mass is 9.97. The van der Waals surface area contributed by atoms with E-state index in [1.165, 1.54) is 10.4 Å². The predicted octanol–water partition coefficient (Wildman–Crippen LogP) is 3.66. The molecule has 3 rings (SSSR count). The minimum atomic E-state index is 0.112. The van der Waals surface area contributed by atoms with Crippen molar-refractivity contribution in [2.24, 2.45) is 0 Å². The van der Waals surface area contributed by atoms with Crippen molar-refractivity contribution in [3.63, 3.8) is 0 Å². The van der Waals surface area contributed by atoms with E-state index in [1.807, 2.05) is 24.3 Å². The van der Waals surface area contributed by atoms with Gasteiger partial charge in [-0.3, -0.25) is 4.79 Å². The van der Waals surface area contributed by atoms with Crippen molar-refractivity contribution in [1.29, 1.82) is 0 Å². The number of rotatable bonds is 5. The molecule has 2 aromatic rings. The molecule has 2 heterocycles. The summed E-state index contributed by atoms with van der Waals surface area (Å²) in [5, 5.41) is 6.34. The molecule has 0 spiro atoms. The van der Waals surface area contributed by atoms with Gasteiger partial charge in [0, 0.05) is 36.0 Å². The zero-order valence-electron chi connectivity index (χ0n) is 11.6. The fourth-order valence-electron chi connectivity index (χ4n) is 2.65. The van der Waals surface area contributed by atoms with Crippen LogP contribution in [0.1, 0.15) is 22.8 Å². The van der Waals surface area contributed by atoms with Crippen LogP contribution in [-0.4, -0.2) is 19.0 Å². The van der Waals surface area contributed by atoms with E-state index < -0.39 is 0 Å². The van der Waals surface area contributed by atoms with Gasteiger partial charge in [0.1, 0.15) is 0 Å². The van der Waals surface area contributed by atoms with Crippen LogP contribution in [0.25, 0.3) is 0 Å². The second kappa shape index (κ2) is 6.50. The lowest BCUT2D eigenvalue weighted by Crippen LogP contribution is -2.27. The number of thiophene rings is 1. The molecule has 110 valence electrons. The number of carbonyl (C=O) groups excluding carboxylic acids is 1. The van der Waals surface area contributed by atoms with Crippen molar-refractivity contribution in [3.8, 4) is 0 Å². The number of nitrogens with one attached hydrogen (secondary N) is 2. The first-order valence-electron chi connectivity index (χ1n) is 7.06. The molecule has 0 bridgehead atoms. The maximum atomic E-state index is 12.0. The van der Waals surface area contributed by atoms with Crippen molar-refractivity contribution >= 4 is 34.5 Å². The first-order valence-corrected chi connectivity index (χ1v) is 8.25. The summed E-state index contributed by atoms with van der Waals surface area (Å²) in [5.74, 6) is 0.388. The van der Waals surface area contributed by atoms with Crippen LogP contribution < -0.4 is 10.6 Å². The monoisotopic (exact) mass is 320 g/mol. The highest BCUT2D eigenvalue weighted by Crippen LogP contribution is 2.33. The summed E-state index contributed by atoms with van der Waals surface area (Å²) < 4.78 is 0.796. The zero-order chi connectivity index (χ0) is 14.7. The molecular formula is C16H17ClN2OS. The smallest absolute Gasteiger partial charge is 0.220 e. The van der Waals surface area contributed by atoms with Gasteiger partial charge >= 0.3 is 0 Å². The van der Waals surface area contributed by atoms with Gasteiger partial charge in [-0.2, -0.15) is 0 Å². The van der Waals surface area contributed by atoms with Crippen molar-refractivity contribution in [2.45, 2.75) is 18.8 Å². The van der Waals surface area contributed by atoms with E-state index in [9.17, 15) is 4.79 Å². The molecule has 0 saturated carbocycles. The highest BCUT2D eigenvalue weighted by Gasteiger charge is 2.23. The number of hydrogen-bond acceptors (Lipinski definition) is 3. The third-order valence-electron chi connectivity index (χ3n) is 3.69. The van der Waals surface area contributed by atoms with E-state index in [1.54, 1.807) is 11.3 Å². The molecule has 0 fully saturated rings. The normalized spacial score (nSPS) is 16.3. The minimum absolute atomic E-state index is 0.112. The highest BCUT2D eigenvalue weighted by molar-refractivity contribution is 7.16. The van der Waals surface area contributed by atoms with Crippen molar-refractivity contribution < 1.29 is 4.79 Å². The van der Waals surface area contributed by atoms with Crippen LogP contribution >= 0.6 is 22.9 Å². The summed E-state index contributed by atoms with van der Waals surface area (Å²) >= 11 is 7.45. The molecule has 1 amide bonds. The molecule has 3 nitrogen and oxygen atoms in total. The molecule has 2 N–H and O–H groups in total. The summed E-state index contributed by atoms with van der Waals surface area (Å²) in [6.45, 7) is 1.50. The first kappa shape index (κ1) is 14.4. The van der Waals surface area contributed by atoms with Gasteiger partial charge < -0.3 is 10.6 Å². The Morgan fingerprint density at radius 3 is 3.00 bits per heavy atom. The Labute approximate surface area is 133 Å². The summed E-state index contributed by atoms with van der Waals surface area (Å²) in [6.07, 6.45) is 1.37. The minimum Gasteiger partial charge on any atom is -0.384 e. The highest BCUT2D eigenvalue weighted by atomic mass is 35.5. The Morgan fingerprint density at radius 1 is 1.33 bits per heavy atom. The molecule has 0 aliphatic carbocycles. The van der Waals surface area contributed by atoms with Gasteiger partial charge in [-0.15, -0.1) is 11.3 Å². The topological polar surface area (TPSA) is 41.1 Å². The molecule has 0 saturated heterocycles. The Bertz CT molecular complexity index is 641. The van der Waals surface area contributed by atoms with Gasteiger partial charge in [-0.25, -0.2) is 0 Å². The van der Waals surface area contributed by atoms with Gasteiger partial charge in [0.15, 0.2) is 0 Å². The van der Waals surface area contributed by atoms with Gasteiger partial charge in [0.2, 0.25) is 5.91 Å². The fraction of sp³-hybridized carbons (Fsp3) is 0.312. The summed E-state index contributed by atoms with van der Waals surface area (Å²) in [7, 11) is 0. The Kier molecular flexibility index (Phi) is 4.46. The van der Waals surface area contributed by atoms with E-state index >= 15 is 0 Å². The summed E-state index contributed by atoms with van der Waals surface area (Å²) in [5.41, 5.74) is 2.40. The molecule has 0 radical (unpaired) electrons. The SMILES string of the molecule is O=C(CC1CNc2ccccc21)NCCc1ccc(Cl)s1. The molecule has 1 aliphatic rings. The second-order valence-corrected chi connectivity index (χ2v) is 6.97. The van der Waals surface area contributed by atoms with Crippen molar-refractivity contribution in [2.75, 3.05) is 18.4 Å². The maximum Gasteiger partial charge on any atom is 0.220 e. The van der Waals surface area contributed by atoms with Crippen LogP contribution in [0.4, 0.5) is 5.69 Å². The number of para-hydroxylation sites is 1. The average Bonchev–Trinajstić information content (AvgIpc) is 3.06. The Hall–Kier alpha value is -1.52. The number of carbonyl (C=O) groups is 1. The molecular weight excluding hydrogens is 304 g/mol. The van der Waals surface area contributed by atoms with E-state index in [4.69, 9.17) is 11.6 Å². The first-order chi connectivity index (χ1) is 10.2. The van der Waals surface area contributed by atoms with E-state index in [0.717, 1.165) is 23.0 Å². The van der Waals surface area contributed by atoms with Crippen molar-refractivity contribution in [1.82, 2.24) is 5.32 Å². The molecule has 5 heteroatoms. The fourth-order valence-corrected chi connectivity index (χ4v) is 3.73. The van der Waals surface area contributed by atoms with Crippen LogP contribution in [0.15, 0.2) is 36.4 Å². The molecule has 1 atom stereocenters. The lowest BCUT2D eigenvalue weighted by molar-refractivity contribution is -0.121. The van der Waals surface area contributed by atoms with Crippen LogP contribution in [0, 0.1) is 0 Å². The zero-order valence-corrected chi connectivity index (χ0v) is 13.1. The summed E-state index contributed by atoms with van der Waals surface area (Å²) in [6, 6.07) is 12.1. The Morgan fingerprint density at radius 2 is 2.19 bits per heavy atom. The standard InChI is InChI=1S/C16H17ClN2OS/c17-15-6-5-12(21-15)7-8-18-16(20)9-11-10-19-14-4-2-1-3-13(11)14/h1-6,11,19H,7-10H2,(H,18,20). The molecule has 1 aromatic heterocycles. The lowest BCUT2D eigenvalue weighted by Gasteiger charge is -2.10. The van der Waals surface area contributed by atoms with Crippen LogP contribution in [0.2, 0.25) is 4.34 Å². The number of anilines is 1. The Balaban J connectivity index is 1.47. The summed E-state index contributed by atoms with van der Waals surface area (Å²) in [4.78, 5) is 13.2. The number of benzene rings is 1.